The highest BCUT2D eigenvalue weighted by molar-refractivity contribution is 14.0. The van der Waals surface area contributed by atoms with Crippen molar-refractivity contribution in [3.63, 3.8) is 0 Å². The molecule has 2 heterocycles. The number of hydrogen-bond acceptors (Lipinski definition) is 4. The molecule has 2 N–H and O–H groups in total. The number of guanidine groups is 1. The summed E-state index contributed by atoms with van der Waals surface area (Å²) in [7, 11) is 1.78. The number of piperazine rings is 1. The zero-order valence-electron chi connectivity index (χ0n) is 14.4. The smallest absolute Gasteiger partial charge is 0.193 e. The maximum Gasteiger partial charge on any atom is 0.193 e. The number of anilines is 1. The first-order valence-electron chi connectivity index (χ1n) is 8.36. The highest BCUT2D eigenvalue weighted by Crippen LogP contribution is 2.27. The van der Waals surface area contributed by atoms with Crippen molar-refractivity contribution in [3.8, 4) is 0 Å². The standard InChI is InChI=1S/C17H25FN4OS.HI/c1-19-16(20-12-17(23)6-11-24-13-17)22-9-7-21(8-10-22)15-4-2-14(18)3-5-15;/h2-5,23H,6-13H2,1H3,(H,19,20);1H. The van der Waals surface area contributed by atoms with Crippen LogP contribution in [0.4, 0.5) is 10.1 Å². The van der Waals surface area contributed by atoms with Crippen LogP contribution in [0.5, 0.6) is 0 Å². The molecule has 2 saturated heterocycles. The molecule has 140 valence electrons. The van der Waals surface area contributed by atoms with E-state index in [0.29, 0.717) is 6.54 Å². The van der Waals surface area contributed by atoms with Crippen molar-refractivity contribution < 1.29 is 9.50 Å². The van der Waals surface area contributed by atoms with Gasteiger partial charge in [-0.15, -0.1) is 24.0 Å². The number of nitrogens with one attached hydrogen (secondary N) is 1. The minimum absolute atomic E-state index is 0. The van der Waals surface area contributed by atoms with E-state index in [2.05, 4.69) is 20.1 Å². The SMILES string of the molecule is CN=C(NCC1(O)CCSC1)N1CCN(c2ccc(F)cc2)CC1.I. The molecule has 2 fully saturated rings. The van der Waals surface area contributed by atoms with Crippen LogP contribution in [-0.4, -0.2) is 72.8 Å². The monoisotopic (exact) mass is 480 g/mol. The van der Waals surface area contributed by atoms with Gasteiger partial charge in [0.25, 0.3) is 0 Å². The second kappa shape index (κ2) is 9.27. The molecule has 1 aromatic rings. The van der Waals surface area contributed by atoms with Crippen molar-refractivity contribution in [1.82, 2.24) is 10.2 Å². The average molecular weight is 480 g/mol. The van der Waals surface area contributed by atoms with Gasteiger partial charge in [0, 0.05) is 51.2 Å². The van der Waals surface area contributed by atoms with Crippen molar-refractivity contribution in [2.45, 2.75) is 12.0 Å². The van der Waals surface area contributed by atoms with Gasteiger partial charge in [0.2, 0.25) is 0 Å². The van der Waals surface area contributed by atoms with Crippen molar-refractivity contribution >= 4 is 47.4 Å². The highest BCUT2D eigenvalue weighted by Gasteiger charge is 2.32. The Balaban J connectivity index is 0.00000225. The molecule has 1 aromatic carbocycles. The quantitative estimate of drug-likeness (QED) is 0.394. The number of hydrogen-bond donors (Lipinski definition) is 2. The second-order valence-electron chi connectivity index (χ2n) is 6.38. The lowest BCUT2D eigenvalue weighted by Crippen LogP contribution is -2.55. The molecule has 1 atom stereocenters. The molecule has 0 bridgehead atoms. The Morgan fingerprint density at radius 1 is 1.28 bits per heavy atom. The lowest BCUT2D eigenvalue weighted by atomic mass is 10.0. The lowest BCUT2D eigenvalue weighted by Gasteiger charge is -2.38. The van der Waals surface area contributed by atoms with E-state index in [9.17, 15) is 9.50 Å². The summed E-state index contributed by atoms with van der Waals surface area (Å²) in [6, 6.07) is 6.65. The Bertz CT molecular complexity index is 573. The van der Waals surface area contributed by atoms with E-state index in [1.54, 1.807) is 18.8 Å². The number of aliphatic imine (C=N–C) groups is 1. The van der Waals surface area contributed by atoms with Crippen LogP contribution in [0.15, 0.2) is 29.3 Å². The summed E-state index contributed by atoms with van der Waals surface area (Å²) in [6.45, 7) is 3.98. The van der Waals surface area contributed by atoms with Crippen molar-refractivity contribution in [1.29, 1.82) is 0 Å². The third-order valence-electron chi connectivity index (χ3n) is 4.64. The fourth-order valence-corrected chi connectivity index (χ4v) is 4.44. The van der Waals surface area contributed by atoms with Gasteiger partial charge in [0.15, 0.2) is 5.96 Å². The molecule has 3 rings (SSSR count). The largest absolute Gasteiger partial charge is 0.387 e. The summed E-state index contributed by atoms with van der Waals surface area (Å²) in [6.07, 6.45) is 0.833. The molecule has 0 aromatic heterocycles. The van der Waals surface area contributed by atoms with Crippen LogP contribution < -0.4 is 10.2 Å². The summed E-state index contributed by atoms with van der Waals surface area (Å²) in [4.78, 5) is 8.83. The number of nitrogens with zero attached hydrogens (tertiary/aromatic N) is 3. The lowest BCUT2D eigenvalue weighted by molar-refractivity contribution is 0.0716. The number of aliphatic hydroxyl groups is 1. The van der Waals surface area contributed by atoms with Gasteiger partial charge in [-0.25, -0.2) is 4.39 Å². The number of thioether (sulfide) groups is 1. The zero-order valence-corrected chi connectivity index (χ0v) is 17.6. The molecule has 8 heteroatoms. The minimum atomic E-state index is -0.615. The van der Waals surface area contributed by atoms with Crippen LogP contribution in [-0.2, 0) is 0 Å². The number of rotatable bonds is 3. The fourth-order valence-electron chi connectivity index (χ4n) is 3.14. The molecule has 2 aliphatic rings. The Labute approximate surface area is 170 Å². The van der Waals surface area contributed by atoms with Crippen LogP contribution in [0.3, 0.4) is 0 Å². The maximum atomic E-state index is 13.0. The summed E-state index contributed by atoms with van der Waals surface area (Å²) < 4.78 is 13.0. The first kappa shape index (κ1) is 20.6. The van der Waals surface area contributed by atoms with Crippen molar-refractivity contribution in [3.05, 3.63) is 30.1 Å². The molecule has 5 nitrogen and oxygen atoms in total. The van der Waals surface area contributed by atoms with E-state index in [0.717, 1.165) is 55.8 Å². The molecule has 0 spiro atoms. The highest BCUT2D eigenvalue weighted by atomic mass is 127. The Hall–Kier alpha value is -0.740. The van der Waals surface area contributed by atoms with E-state index in [1.807, 2.05) is 12.1 Å². The predicted molar refractivity (Wildman–Crippen MR) is 114 cm³/mol. The van der Waals surface area contributed by atoms with Gasteiger partial charge in [0.1, 0.15) is 5.82 Å². The topological polar surface area (TPSA) is 51.1 Å². The van der Waals surface area contributed by atoms with E-state index in [4.69, 9.17) is 0 Å². The van der Waals surface area contributed by atoms with Gasteiger partial charge >= 0.3 is 0 Å². The molecular weight excluding hydrogens is 454 g/mol. The molecule has 0 radical (unpaired) electrons. The van der Waals surface area contributed by atoms with Gasteiger partial charge in [-0.05, 0) is 36.4 Å². The van der Waals surface area contributed by atoms with E-state index >= 15 is 0 Å². The first-order valence-corrected chi connectivity index (χ1v) is 9.51. The van der Waals surface area contributed by atoms with E-state index < -0.39 is 5.60 Å². The van der Waals surface area contributed by atoms with Crippen LogP contribution in [0.2, 0.25) is 0 Å². The molecule has 0 aliphatic carbocycles. The first-order chi connectivity index (χ1) is 11.6. The van der Waals surface area contributed by atoms with E-state index in [1.165, 1.54) is 12.1 Å². The minimum Gasteiger partial charge on any atom is -0.387 e. The van der Waals surface area contributed by atoms with E-state index in [-0.39, 0.29) is 29.8 Å². The summed E-state index contributed by atoms with van der Waals surface area (Å²) in [5.74, 6) is 2.45. The molecular formula is C17H26FIN4OS. The molecule has 0 saturated carbocycles. The van der Waals surface area contributed by atoms with Crippen LogP contribution >= 0.6 is 35.7 Å². The summed E-state index contributed by atoms with van der Waals surface area (Å²) in [5, 5.41) is 13.8. The molecule has 2 aliphatic heterocycles. The number of benzene rings is 1. The van der Waals surface area contributed by atoms with Gasteiger partial charge in [-0.2, -0.15) is 11.8 Å². The van der Waals surface area contributed by atoms with Gasteiger partial charge < -0.3 is 20.2 Å². The third kappa shape index (κ3) is 5.37. The van der Waals surface area contributed by atoms with Crippen molar-refractivity contribution in [2.75, 3.05) is 56.2 Å². The zero-order chi connectivity index (χ0) is 17.0. The average Bonchev–Trinajstić information content (AvgIpc) is 3.04. The van der Waals surface area contributed by atoms with Gasteiger partial charge in [-0.1, -0.05) is 0 Å². The molecule has 0 amide bonds. The van der Waals surface area contributed by atoms with Gasteiger partial charge in [0.05, 0.1) is 5.60 Å². The Kier molecular flexibility index (Phi) is 7.63. The fraction of sp³-hybridized carbons (Fsp3) is 0.588. The van der Waals surface area contributed by atoms with Crippen LogP contribution in [0, 0.1) is 5.82 Å². The van der Waals surface area contributed by atoms with Crippen molar-refractivity contribution in [2.24, 2.45) is 4.99 Å². The molecule has 1 unspecified atom stereocenters. The maximum absolute atomic E-state index is 13.0. The van der Waals surface area contributed by atoms with Crippen LogP contribution in [0.25, 0.3) is 0 Å². The summed E-state index contributed by atoms with van der Waals surface area (Å²) >= 11 is 1.80. The molecule has 25 heavy (non-hydrogen) atoms. The normalized spacial score (nSPS) is 24.2. The Morgan fingerprint density at radius 3 is 2.52 bits per heavy atom. The second-order valence-corrected chi connectivity index (χ2v) is 7.48. The van der Waals surface area contributed by atoms with Gasteiger partial charge in [-0.3, -0.25) is 4.99 Å². The number of halogens is 2. The predicted octanol–water partition coefficient (Wildman–Crippen LogP) is 2.01. The summed E-state index contributed by atoms with van der Waals surface area (Å²) in [5.41, 5.74) is 0.438. The van der Waals surface area contributed by atoms with Crippen LogP contribution in [0.1, 0.15) is 6.42 Å². The third-order valence-corrected chi connectivity index (χ3v) is 5.88. The Morgan fingerprint density at radius 2 is 1.96 bits per heavy atom.